The topological polar surface area (TPSA) is 72.6 Å². The van der Waals surface area contributed by atoms with Gasteiger partial charge in [-0.1, -0.05) is 23.2 Å². The lowest BCUT2D eigenvalue weighted by molar-refractivity contribution is -0.385. The van der Waals surface area contributed by atoms with Gasteiger partial charge in [0.05, 0.1) is 21.6 Å². The standard InChI is InChI=1S/C11H13Cl2NO4/c12-8-6-10(14(16)17)11(7-9(8)13)18-5-3-1-2-4-15/h6-7,15H,1-5H2. The largest absolute Gasteiger partial charge is 0.487 e. The van der Waals surface area contributed by atoms with Crippen LogP contribution in [-0.4, -0.2) is 23.2 Å². The first-order chi connectivity index (χ1) is 8.56. The van der Waals surface area contributed by atoms with Crippen molar-refractivity contribution in [1.29, 1.82) is 0 Å². The van der Waals surface area contributed by atoms with E-state index in [1.54, 1.807) is 0 Å². The molecule has 0 heterocycles. The summed E-state index contributed by atoms with van der Waals surface area (Å²) in [4.78, 5) is 10.2. The molecule has 0 fully saturated rings. The average molecular weight is 294 g/mol. The Balaban J connectivity index is 2.68. The van der Waals surface area contributed by atoms with Gasteiger partial charge in [-0.2, -0.15) is 0 Å². The Morgan fingerprint density at radius 2 is 1.89 bits per heavy atom. The minimum atomic E-state index is -0.564. The minimum absolute atomic E-state index is 0.110. The van der Waals surface area contributed by atoms with Crippen molar-refractivity contribution < 1.29 is 14.8 Å². The number of rotatable bonds is 7. The summed E-state index contributed by atoms with van der Waals surface area (Å²) in [5.41, 5.74) is -0.202. The van der Waals surface area contributed by atoms with Crippen LogP contribution in [0.25, 0.3) is 0 Å². The van der Waals surface area contributed by atoms with Crippen molar-refractivity contribution in [2.24, 2.45) is 0 Å². The van der Waals surface area contributed by atoms with Crippen LogP contribution in [-0.2, 0) is 0 Å². The third kappa shape index (κ3) is 4.33. The van der Waals surface area contributed by atoms with Crippen molar-refractivity contribution in [2.45, 2.75) is 19.3 Å². The van der Waals surface area contributed by atoms with Gasteiger partial charge < -0.3 is 9.84 Å². The van der Waals surface area contributed by atoms with E-state index in [1.807, 2.05) is 0 Å². The molecule has 0 aliphatic rings. The van der Waals surface area contributed by atoms with E-state index in [9.17, 15) is 10.1 Å². The lowest BCUT2D eigenvalue weighted by Gasteiger charge is -2.07. The second-order valence-corrected chi connectivity index (χ2v) is 4.44. The molecule has 0 saturated heterocycles. The van der Waals surface area contributed by atoms with E-state index in [-0.39, 0.29) is 28.1 Å². The zero-order valence-corrected chi connectivity index (χ0v) is 11.1. The molecular formula is C11H13Cl2NO4. The van der Waals surface area contributed by atoms with Gasteiger partial charge in [-0.25, -0.2) is 0 Å². The van der Waals surface area contributed by atoms with Gasteiger partial charge in [-0.3, -0.25) is 10.1 Å². The van der Waals surface area contributed by atoms with Crippen LogP contribution in [0.2, 0.25) is 10.0 Å². The third-order valence-corrected chi connectivity index (χ3v) is 2.98. The van der Waals surface area contributed by atoms with Crippen molar-refractivity contribution >= 4 is 28.9 Å². The predicted octanol–water partition coefficient (Wildman–Crippen LogP) is 3.44. The molecule has 0 unspecified atom stereocenters. The van der Waals surface area contributed by atoms with Crippen molar-refractivity contribution in [2.75, 3.05) is 13.2 Å². The molecular weight excluding hydrogens is 281 g/mol. The Hall–Kier alpha value is -1.04. The van der Waals surface area contributed by atoms with E-state index in [1.165, 1.54) is 12.1 Å². The molecule has 0 aliphatic carbocycles. The Kier molecular flexibility index (Phi) is 6.18. The van der Waals surface area contributed by atoms with Gasteiger partial charge in [0.25, 0.3) is 0 Å². The van der Waals surface area contributed by atoms with Gasteiger partial charge in [0.1, 0.15) is 0 Å². The number of aliphatic hydroxyl groups is 1. The van der Waals surface area contributed by atoms with Crippen LogP contribution in [0.3, 0.4) is 0 Å². The predicted molar refractivity (Wildman–Crippen MR) is 69.5 cm³/mol. The first-order valence-corrected chi connectivity index (χ1v) is 6.19. The zero-order valence-electron chi connectivity index (χ0n) is 9.57. The van der Waals surface area contributed by atoms with E-state index in [4.69, 9.17) is 33.0 Å². The summed E-state index contributed by atoms with van der Waals surface area (Å²) in [6, 6.07) is 2.51. The molecule has 0 atom stereocenters. The van der Waals surface area contributed by atoms with E-state index >= 15 is 0 Å². The first-order valence-electron chi connectivity index (χ1n) is 5.43. The summed E-state index contributed by atoms with van der Waals surface area (Å²) in [6.07, 6.45) is 2.19. The molecule has 1 N–H and O–H groups in total. The van der Waals surface area contributed by atoms with Gasteiger partial charge in [-0.05, 0) is 19.3 Å². The summed E-state index contributed by atoms with van der Waals surface area (Å²) in [6.45, 7) is 0.464. The highest BCUT2D eigenvalue weighted by atomic mass is 35.5. The summed E-state index contributed by atoms with van der Waals surface area (Å²) in [5, 5.41) is 19.8. The maximum absolute atomic E-state index is 10.8. The van der Waals surface area contributed by atoms with Gasteiger partial charge in [-0.15, -0.1) is 0 Å². The molecule has 1 aromatic rings. The molecule has 1 aromatic carbocycles. The van der Waals surface area contributed by atoms with Gasteiger partial charge in [0.2, 0.25) is 0 Å². The molecule has 0 aromatic heterocycles. The normalized spacial score (nSPS) is 10.4. The summed E-state index contributed by atoms with van der Waals surface area (Å²) in [5.74, 6) is 0.110. The number of benzene rings is 1. The number of hydrogen-bond donors (Lipinski definition) is 1. The van der Waals surface area contributed by atoms with Crippen molar-refractivity contribution in [1.82, 2.24) is 0 Å². The van der Waals surface area contributed by atoms with Crippen molar-refractivity contribution in [3.63, 3.8) is 0 Å². The molecule has 0 aliphatic heterocycles. The number of halogens is 2. The van der Waals surface area contributed by atoms with E-state index in [0.717, 1.165) is 6.42 Å². The van der Waals surface area contributed by atoms with Crippen LogP contribution in [0, 0.1) is 10.1 Å². The fourth-order valence-corrected chi connectivity index (χ4v) is 1.66. The van der Waals surface area contributed by atoms with Crippen LogP contribution < -0.4 is 4.74 Å². The van der Waals surface area contributed by atoms with Crippen LogP contribution in [0.1, 0.15) is 19.3 Å². The maximum atomic E-state index is 10.8. The minimum Gasteiger partial charge on any atom is -0.487 e. The summed E-state index contributed by atoms with van der Waals surface area (Å²) in [7, 11) is 0. The highest BCUT2D eigenvalue weighted by Crippen LogP contribution is 2.35. The van der Waals surface area contributed by atoms with Gasteiger partial charge in [0.15, 0.2) is 5.75 Å². The number of hydrogen-bond acceptors (Lipinski definition) is 4. The van der Waals surface area contributed by atoms with Crippen LogP contribution in [0.15, 0.2) is 12.1 Å². The molecule has 18 heavy (non-hydrogen) atoms. The molecule has 0 saturated carbocycles. The summed E-state index contributed by atoms with van der Waals surface area (Å²) >= 11 is 11.5. The smallest absolute Gasteiger partial charge is 0.312 e. The second-order valence-electron chi connectivity index (χ2n) is 3.62. The van der Waals surface area contributed by atoms with Crippen LogP contribution in [0.4, 0.5) is 5.69 Å². The third-order valence-electron chi connectivity index (χ3n) is 2.26. The zero-order chi connectivity index (χ0) is 13.5. The fourth-order valence-electron chi connectivity index (χ4n) is 1.35. The second kappa shape index (κ2) is 7.41. The molecule has 0 radical (unpaired) electrons. The quantitative estimate of drug-likeness (QED) is 0.475. The molecule has 0 bridgehead atoms. The summed E-state index contributed by atoms with van der Waals surface area (Å²) < 4.78 is 5.31. The number of unbranched alkanes of at least 4 members (excludes halogenated alkanes) is 2. The van der Waals surface area contributed by atoms with Crippen molar-refractivity contribution in [3.8, 4) is 5.75 Å². The molecule has 100 valence electrons. The van der Waals surface area contributed by atoms with Crippen LogP contribution >= 0.6 is 23.2 Å². The molecule has 1 rings (SSSR count). The highest BCUT2D eigenvalue weighted by molar-refractivity contribution is 6.42. The lowest BCUT2D eigenvalue weighted by Crippen LogP contribution is -2.01. The molecule has 0 amide bonds. The van der Waals surface area contributed by atoms with Crippen molar-refractivity contribution in [3.05, 3.63) is 32.3 Å². The van der Waals surface area contributed by atoms with Crippen LogP contribution in [0.5, 0.6) is 5.75 Å². The first kappa shape index (κ1) is 15.0. The lowest BCUT2D eigenvalue weighted by atomic mass is 10.2. The molecule has 7 heteroatoms. The van der Waals surface area contributed by atoms with Gasteiger partial charge in [0, 0.05) is 18.7 Å². The van der Waals surface area contributed by atoms with Gasteiger partial charge >= 0.3 is 5.69 Å². The maximum Gasteiger partial charge on any atom is 0.312 e. The van der Waals surface area contributed by atoms with E-state index in [0.29, 0.717) is 19.4 Å². The highest BCUT2D eigenvalue weighted by Gasteiger charge is 2.18. The monoisotopic (exact) mass is 293 g/mol. The van der Waals surface area contributed by atoms with E-state index < -0.39 is 4.92 Å². The number of aliphatic hydroxyl groups excluding tert-OH is 1. The molecule has 0 spiro atoms. The average Bonchev–Trinajstić information content (AvgIpc) is 2.32. The fraction of sp³-hybridized carbons (Fsp3) is 0.455. The molecule has 5 nitrogen and oxygen atoms in total. The Morgan fingerprint density at radius 3 is 2.50 bits per heavy atom. The number of nitro groups is 1. The van der Waals surface area contributed by atoms with E-state index in [2.05, 4.69) is 0 Å². The Labute approximate surface area is 114 Å². The SMILES string of the molecule is O=[N+]([O-])c1cc(Cl)c(Cl)cc1OCCCCCO. The number of nitrogens with zero attached hydrogens (tertiary/aromatic N) is 1. The Morgan fingerprint density at radius 1 is 1.22 bits per heavy atom. The Bertz CT molecular complexity index is 426. The number of nitro benzene ring substituents is 1. The number of ether oxygens (including phenoxy) is 1.